The third kappa shape index (κ3) is 6.29. The molecule has 0 saturated carbocycles. The quantitative estimate of drug-likeness (QED) is 0.717. The molecule has 1 amide bonds. The first-order valence-corrected chi connectivity index (χ1v) is 9.37. The molecule has 0 aliphatic carbocycles. The van der Waals surface area contributed by atoms with Gasteiger partial charge in [0.15, 0.2) is 0 Å². The molecule has 138 valence electrons. The van der Waals surface area contributed by atoms with E-state index in [1.54, 1.807) is 0 Å². The zero-order chi connectivity index (χ0) is 18.2. The summed E-state index contributed by atoms with van der Waals surface area (Å²) < 4.78 is 5.80. The van der Waals surface area contributed by atoms with Gasteiger partial charge in [0, 0.05) is 32.0 Å². The lowest BCUT2D eigenvalue weighted by Crippen LogP contribution is -2.35. The van der Waals surface area contributed by atoms with E-state index < -0.39 is 0 Å². The number of amides is 1. The van der Waals surface area contributed by atoms with Crippen LogP contribution >= 0.6 is 12.2 Å². The highest BCUT2D eigenvalue weighted by molar-refractivity contribution is 7.80. The second-order valence-electron chi connectivity index (χ2n) is 6.64. The molecule has 25 heavy (non-hydrogen) atoms. The van der Waals surface area contributed by atoms with E-state index in [2.05, 4.69) is 31.0 Å². The fourth-order valence-electron chi connectivity index (χ4n) is 2.94. The van der Waals surface area contributed by atoms with Crippen LogP contribution in [0, 0.1) is 5.92 Å². The fraction of sp³-hybridized carbons (Fsp3) is 0.579. The number of hydrogen-bond acceptors (Lipinski definition) is 4. The molecule has 1 heterocycles. The van der Waals surface area contributed by atoms with Crippen LogP contribution in [0.2, 0.25) is 0 Å². The van der Waals surface area contributed by atoms with Gasteiger partial charge in [0.05, 0.1) is 11.5 Å². The summed E-state index contributed by atoms with van der Waals surface area (Å²) in [6.45, 7) is 5.77. The predicted octanol–water partition coefficient (Wildman–Crippen LogP) is 2.08. The Morgan fingerprint density at radius 2 is 2.00 bits per heavy atom. The molecule has 1 aliphatic rings. The van der Waals surface area contributed by atoms with Crippen LogP contribution in [-0.4, -0.2) is 60.5 Å². The zero-order valence-electron chi connectivity index (χ0n) is 15.2. The Morgan fingerprint density at radius 3 is 2.64 bits per heavy atom. The van der Waals surface area contributed by atoms with Crippen molar-refractivity contribution in [2.45, 2.75) is 26.2 Å². The average Bonchev–Trinajstić information content (AvgIpc) is 2.76. The number of nitrogens with zero attached hydrogens (tertiary/aromatic N) is 2. The summed E-state index contributed by atoms with van der Waals surface area (Å²) in [5.41, 5.74) is 6.97. The first-order chi connectivity index (χ1) is 12.0. The molecule has 1 aliphatic heterocycles. The minimum Gasteiger partial charge on any atom is -0.492 e. The molecule has 1 aromatic rings. The fourth-order valence-corrected chi connectivity index (χ4v) is 3.19. The van der Waals surface area contributed by atoms with E-state index in [0.29, 0.717) is 24.6 Å². The van der Waals surface area contributed by atoms with Crippen molar-refractivity contribution in [2.24, 2.45) is 11.7 Å². The van der Waals surface area contributed by atoms with E-state index in [4.69, 9.17) is 22.7 Å². The number of carbonyl (C=O) groups excluding carboxylic acids is 1. The monoisotopic (exact) mass is 363 g/mol. The van der Waals surface area contributed by atoms with Gasteiger partial charge in [-0.2, -0.15) is 0 Å². The van der Waals surface area contributed by atoms with Gasteiger partial charge in [0.1, 0.15) is 12.4 Å². The molecular weight excluding hydrogens is 334 g/mol. The number of thiocarbonyl (C=S) groups is 1. The summed E-state index contributed by atoms with van der Waals surface area (Å²) in [5.74, 6) is 1.28. The van der Waals surface area contributed by atoms with Crippen LogP contribution in [0.1, 0.15) is 25.3 Å². The second-order valence-corrected chi connectivity index (χ2v) is 7.11. The highest BCUT2D eigenvalue weighted by Crippen LogP contribution is 2.17. The first-order valence-electron chi connectivity index (χ1n) is 8.97. The lowest BCUT2D eigenvalue weighted by atomic mass is 9.97. The van der Waals surface area contributed by atoms with Gasteiger partial charge in [0.2, 0.25) is 5.91 Å². The van der Waals surface area contributed by atoms with Crippen molar-refractivity contribution >= 4 is 23.1 Å². The third-order valence-electron chi connectivity index (χ3n) is 4.74. The number of rotatable bonds is 8. The maximum atomic E-state index is 12.1. The summed E-state index contributed by atoms with van der Waals surface area (Å²) in [7, 11) is 2.05. The van der Waals surface area contributed by atoms with Crippen molar-refractivity contribution < 1.29 is 9.53 Å². The Hall–Kier alpha value is -1.66. The molecule has 1 saturated heterocycles. The molecule has 6 heteroatoms. The molecular formula is C19H29N3O2S. The van der Waals surface area contributed by atoms with Crippen LogP contribution in [0.3, 0.4) is 0 Å². The Bertz CT molecular complexity index is 577. The van der Waals surface area contributed by atoms with E-state index in [-0.39, 0.29) is 11.8 Å². The van der Waals surface area contributed by atoms with Crippen molar-refractivity contribution in [1.29, 1.82) is 0 Å². The molecule has 0 bridgehead atoms. The van der Waals surface area contributed by atoms with Gasteiger partial charge in [-0.1, -0.05) is 31.3 Å². The SMILES string of the molecule is CCC(Cc1ccc(OCCN2CCN(C)CCC2=O)cc1)C(N)=S. The van der Waals surface area contributed by atoms with Gasteiger partial charge in [-0.05, 0) is 37.6 Å². The van der Waals surface area contributed by atoms with Crippen molar-refractivity contribution in [3.8, 4) is 5.75 Å². The minimum absolute atomic E-state index is 0.214. The largest absolute Gasteiger partial charge is 0.492 e. The van der Waals surface area contributed by atoms with Gasteiger partial charge in [0.25, 0.3) is 0 Å². The van der Waals surface area contributed by atoms with Crippen LogP contribution in [0.15, 0.2) is 24.3 Å². The molecule has 0 spiro atoms. The molecule has 2 rings (SSSR count). The molecule has 5 nitrogen and oxygen atoms in total. The molecule has 1 aromatic carbocycles. The van der Waals surface area contributed by atoms with Crippen molar-refractivity contribution in [3.05, 3.63) is 29.8 Å². The predicted molar refractivity (Wildman–Crippen MR) is 105 cm³/mol. The number of nitrogens with two attached hydrogens (primary N) is 1. The van der Waals surface area contributed by atoms with Crippen LogP contribution in [0.4, 0.5) is 0 Å². The maximum absolute atomic E-state index is 12.1. The normalized spacial score (nSPS) is 17.2. The summed E-state index contributed by atoms with van der Waals surface area (Å²) in [4.78, 5) is 16.7. The van der Waals surface area contributed by atoms with Crippen LogP contribution in [0.5, 0.6) is 5.75 Å². The van der Waals surface area contributed by atoms with Gasteiger partial charge >= 0.3 is 0 Å². The molecule has 1 unspecified atom stereocenters. The number of likely N-dealkylation sites (N-methyl/N-ethyl adjacent to an activating group) is 1. The first kappa shape index (κ1) is 19.7. The Kier molecular flexibility index (Phi) is 7.65. The molecule has 2 N–H and O–H groups in total. The van der Waals surface area contributed by atoms with Gasteiger partial charge in [-0.3, -0.25) is 4.79 Å². The average molecular weight is 364 g/mol. The van der Waals surface area contributed by atoms with Crippen LogP contribution in [0.25, 0.3) is 0 Å². The van der Waals surface area contributed by atoms with Crippen molar-refractivity contribution in [3.63, 3.8) is 0 Å². The summed E-state index contributed by atoms with van der Waals surface area (Å²) in [6.07, 6.45) is 2.40. The third-order valence-corrected chi connectivity index (χ3v) is 5.08. The molecule has 0 aromatic heterocycles. The van der Waals surface area contributed by atoms with Gasteiger partial charge < -0.3 is 20.3 Å². The topological polar surface area (TPSA) is 58.8 Å². The van der Waals surface area contributed by atoms with Crippen LogP contribution < -0.4 is 10.5 Å². The molecule has 0 radical (unpaired) electrons. The Balaban J connectivity index is 1.79. The van der Waals surface area contributed by atoms with E-state index in [0.717, 1.165) is 38.2 Å². The maximum Gasteiger partial charge on any atom is 0.224 e. The Labute approximate surface area is 156 Å². The second kappa shape index (κ2) is 9.73. The van der Waals surface area contributed by atoms with Crippen LogP contribution in [-0.2, 0) is 11.2 Å². The summed E-state index contributed by atoms with van der Waals surface area (Å²) in [5, 5.41) is 0. The van der Waals surface area contributed by atoms with Gasteiger partial charge in [-0.15, -0.1) is 0 Å². The van der Waals surface area contributed by atoms with E-state index in [1.165, 1.54) is 5.56 Å². The van der Waals surface area contributed by atoms with E-state index in [1.807, 2.05) is 17.0 Å². The Morgan fingerprint density at radius 1 is 1.28 bits per heavy atom. The van der Waals surface area contributed by atoms with Crippen molar-refractivity contribution in [2.75, 3.05) is 39.8 Å². The number of ether oxygens (including phenoxy) is 1. The van der Waals surface area contributed by atoms with Gasteiger partial charge in [-0.25, -0.2) is 0 Å². The number of hydrogen-bond donors (Lipinski definition) is 1. The highest BCUT2D eigenvalue weighted by Gasteiger charge is 2.18. The summed E-state index contributed by atoms with van der Waals surface area (Å²) >= 11 is 5.10. The smallest absolute Gasteiger partial charge is 0.224 e. The minimum atomic E-state index is 0.214. The number of benzene rings is 1. The zero-order valence-corrected chi connectivity index (χ0v) is 16.1. The standard InChI is InChI=1S/C19H29N3O2S/c1-3-16(19(20)25)14-15-4-6-17(7-5-15)24-13-12-22-11-10-21(2)9-8-18(22)23/h4-7,16H,3,8-14H2,1-2H3,(H2,20,25). The lowest BCUT2D eigenvalue weighted by molar-refractivity contribution is -0.130. The molecule has 1 fully saturated rings. The highest BCUT2D eigenvalue weighted by atomic mass is 32.1. The van der Waals surface area contributed by atoms with E-state index in [9.17, 15) is 4.79 Å². The lowest BCUT2D eigenvalue weighted by Gasteiger charge is -2.21. The molecule has 1 atom stereocenters. The number of carbonyl (C=O) groups is 1. The summed E-state index contributed by atoms with van der Waals surface area (Å²) in [6, 6.07) is 8.06. The van der Waals surface area contributed by atoms with E-state index >= 15 is 0 Å². The van der Waals surface area contributed by atoms with Crippen molar-refractivity contribution in [1.82, 2.24) is 9.80 Å².